The maximum Gasteiger partial charge on any atom is 0.490 e. The van der Waals surface area contributed by atoms with Gasteiger partial charge in [-0.05, 0) is 61.1 Å². The Kier molecular flexibility index (Phi) is 8.52. The molecule has 2 heterocycles. The molecule has 1 amide bonds. The molecule has 0 fully saturated rings. The van der Waals surface area contributed by atoms with Crippen molar-refractivity contribution in [3.8, 4) is 0 Å². The lowest BCUT2D eigenvalue weighted by Gasteiger charge is -2.29. The van der Waals surface area contributed by atoms with Gasteiger partial charge in [0, 0.05) is 37.1 Å². The number of pyridine rings is 1. The van der Waals surface area contributed by atoms with Crippen LogP contribution in [-0.4, -0.2) is 58.6 Å². The molecule has 36 heavy (non-hydrogen) atoms. The highest BCUT2D eigenvalue weighted by Gasteiger charge is 2.38. The van der Waals surface area contributed by atoms with Crippen molar-refractivity contribution >= 4 is 22.8 Å². The van der Waals surface area contributed by atoms with Crippen molar-refractivity contribution in [1.29, 1.82) is 0 Å². The number of benzene rings is 2. The summed E-state index contributed by atoms with van der Waals surface area (Å²) in [4.78, 5) is 41.0. The van der Waals surface area contributed by atoms with E-state index in [-0.39, 0.29) is 11.5 Å². The molecular formula is C26H28F3N3O4. The van der Waals surface area contributed by atoms with E-state index in [0.29, 0.717) is 24.9 Å². The highest BCUT2D eigenvalue weighted by molar-refractivity contribution is 5.79. The monoisotopic (exact) mass is 503 g/mol. The Morgan fingerprint density at radius 2 is 1.78 bits per heavy atom. The van der Waals surface area contributed by atoms with Gasteiger partial charge < -0.3 is 19.9 Å². The van der Waals surface area contributed by atoms with Gasteiger partial charge in [0.15, 0.2) is 0 Å². The van der Waals surface area contributed by atoms with Gasteiger partial charge in [0.2, 0.25) is 5.91 Å². The van der Waals surface area contributed by atoms with Crippen molar-refractivity contribution in [1.82, 2.24) is 14.8 Å². The van der Waals surface area contributed by atoms with Crippen molar-refractivity contribution in [2.24, 2.45) is 0 Å². The number of aliphatic carboxylic acids is 1. The summed E-state index contributed by atoms with van der Waals surface area (Å²) in [6.45, 7) is 2.33. The third-order valence-corrected chi connectivity index (χ3v) is 5.82. The second kappa shape index (κ2) is 11.4. The Morgan fingerprint density at radius 3 is 2.44 bits per heavy atom. The normalized spacial score (nSPS) is 13.2. The first-order valence-electron chi connectivity index (χ1n) is 11.4. The zero-order chi connectivity index (χ0) is 26.5. The fraction of sp³-hybridized carbons (Fsp3) is 0.346. The summed E-state index contributed by atoms with van der Waals surface area (Å²) in [6.07, 6.45) is -3.38. The van der Waals surface area contributed by atoms with Gasteiger partial charge in [0.1, 0.15) is 0 Å². The SMILES string of the molecule is CN(C)Cc1ccc2c(c1)CCN(C(=O)CCc1cc3ccccc3[nH]c1=O)C2.O=C(O)C(F)(F)F. The van der Waals surface area contributed by atoms with E-state index in [1.165, 1.54) is 16.7 Å². The molecule has 2 N–H and O–H groups in total. The number of carbonyl (C=O) groups excluding carboxylic acids is 1. The fourth-order valence-electron chi connectivity index (χ4n) is 4.06. The Balaban J connectivity index is 0.000000454. The summed E-state index contributed by atoms with van der Waals surface area (Å²) < 4.78 is 31.7. The highest BCUT2D eigenvalue weighted by Crippen LogP contribution is 2.22. The molecule has 0 saturated heterocycles. The lowest BCUT2D eigenvalue weighted by Crippen LogP contribution is -2.36. The molecule has 0 bridgehead atoms. The molecule has 0 saturated carbocycles. The number of para-hydroxylation sites is 1. The Morgan fingerprint density at radius 1 is 1.08 bits per heavy atom. The predicted molar refractivity (Wildman–Crippen MR) is 130 cm³/mol. The van der Waals surface area contributed by atoms with Gasteiger partial charge in [-0.3, -0.25) is 9.59 Å². The number of amides is 1. The van der Waals surface area contributed by atoms with E-state index in [4.69, 9.17) is 9.90 Å². The maximum absolute atomic E-state index is 12.8. The molecule has 1 aliphatic heterocycles. The van der Waals surface area contributed by atoms with E-state index in [1.807, 2.05) is 35.2 Å². The number of aromatic nitrogens is 1. The van der Waals surface area contributed by atoms with Crippen LogP contribution in [0.4, 0.5) is 13.2 Å². The zero-order valence-electron chi connectivity index (χ0n) is 20.1. The Hall–Kier alpha value is -3.66. The Bertz CT molecular complexity index is 1300. The minimum Gasteiger partial charge on any atom is -0.475 e. The van der Waals surface area contributed by atoms with Gasteiger partial charge >= 0.3 is 12.1 Å². The smallest absolute Gasteiger partial charge is 0.475 e. The zero-order valence-corrected chi connectivity index (χ0v) is 20.1. The Labute approximate surface area is 206 Å². The summed E-state index contributed by atoms with van der Waals surface area (Å²) in [5.74, 6) is -2.65. The molecule has 0 atom stereocenters. The summed E-state index contributed by atoms with van der Waals surface area (Å²) >= 11 is 0. The standard InChI is InChI=1S/C24H27N3O2.C2HF3O2/c1-26(2)15-17-7-8-21-16-27(12-11-18(21)13-17)23(28)10-9-20-14-19-5-3-4-6-22(19)25-24(20)29;3-2(4,5)1(6)7/h3-8,13-14H,9-12,15-16H2,1-2H3,(H,25,29);(H,6,7). The average molecular weight is 504 g/mol. The summed E-state index contributed by atoms with van der Waals surface area (Å²) in [5.41, 5.74) is 5.28. The molecule has 4 rings (SSSR count). The average Bonchev–Trinajstić information content (AvgIpc) is 2.81. The molecule has 0 radical (unpaired) electrons. The number of carboxylic acid groups (broad SMARTS) is 1. The molecule has 2 aromatic carbocycles. The summed E-state index contributed by atoms with van der Waals surface area (Å²) in [6, 6.07) is 16.2. The van der Waals surface area contributed by atoms with Gasteiger partial charge in [-0.1, -0.05) is 36.4 Å². The van der Waals surface area contributed by atoms with Crippen LogP contribution in [0.2, 0.25) is 0 Å². The minimum atomic E-state index is -5.08. The van der Waals surface area contributed by atoms with Gasteiger partial charge in [0.05, 0.1) is 0 Å². The van der Waals surface area contributed by atoms with Crippen LogP contribution in [0.3, 0.4) is 0 Å². The number of fused-ring (bicyclic) bond motifs is 2. The quantitative estimate of drug-likeness (QED) is 0.553. The first kappa shape index (κ1) is 26.9. The van der Waals surface area contributed by atoms with Crippen molar-refractivity contribution in [2.75, 3.05) is 20.6 Å². The third kappa shape index (κ3) is 7.17. The third-order valence-electron chi connectivity index (χ3n) is 5.82. The first-order chi connectivity index (χ1) is 16.9. The number of carboxylic acids is 1. The van der Waals surface area contributed by atoms with Crippen LogP contribution in [0.1, 0.15) is 28.7 Å². The number of hydrogen-bond acceptors (Lipinski definition) is 4. The van der Waals surface area contributed by atoms with Gasteiger partial charge in [0.25, 0.3) is 5.56 Å². The topological polar surface area (TPSA) is 93.7 Å². The van der Waals surface area contributed by atoms with Crippen LogP contribution in [-0.2, 0) is 35.5 Å². The van der Waals surface area contributed by atoms with Gasteiger partial charge in [-0.25, -0.2) is 4.79 Å². The van der Waals surface area contributed by atoms with Crippen LogP contribution in [0.15, 0.2) is 53.3 Å². The molecule has 0 aliphatic carbocycles. The van der Waals surface area contributed by atoms with Crippen LogP contribution < -0.4 is 5.56 Å². The summed E-state index contributed by atoms with van der Waals surface area (Å²) in [7, 11) is 4.14. The molecule has 0 spiro atoms. The van der Waals surface area contributed by atoms with Crippen molar-refractivity contribution in [2.45, 2.75) is 38.5 Å². The second-order valence-corrected chi connectivity index (χ2v) is 8.92. The number of H-pyrrole nitrogens is 1. The van der Waals surface area contributed by atoms with E-state index in [0.717, 1.165) is 30.4 Å². The molecular weight excluding hydrogens is 475 g/mol. The van der Waals surface area contributed by atoms with E-state index >= 15 is 0 Å². The van der Waals surface area contributed by atoms with Gasteiger partial charge in [-0.15, -0.1) is 0 Å². The van der Waals surface area contributed by atoms with E-state index in [1.54, 1.807) is 0 Å². The number of rotatable bonds is 5. The lowest BCUT2D eigenvalue weighted by atomic mass is 9.96. The molecule has 3 aromatic rings. The van der Waals surface area contributed by atoms with Crippen LogP contribution in [0, 0.1) is 0 Å². The molecule has 192 valence electrons. The minimum absolute atomic E-state index is 0.103. The molecule has 0 unspecified atom stereocenters. The summed E-state index contributed by atoms with van der Waals surface area (Å²) in [5, 5.41) is 8.12. The number of hydrogen-bond donors (Lipinski definition) is 2. The first-order valence-corrected chi connectivity index (χ1v) is 11.4. The van der Waals surface area contributed by atoms with Crippen molar-refractivity contribution in [3.05, 3.63) is 81.1 Å². The van der Waals surface area contributed by atoms with E-state index < -0.39 is 12.1 Å². The van der Waals surface area contributed by atoms with Crippen molar-refractivity contribution < 1.29 is 27.9 Å². The van der Waals surface area contributed by atoms with E-state index in [2.05, 4.69) is 42.2 Å². The molecule has 7 nitrogen and oxygen atoms in total. The number of halogens is 3. The van der Waals surface area contributed by atoms with Crippen LogP contribution in [0.5, 0.6) is 0 Å². The molecule has 10 heteroatoms. The maximum atomic E-state index is 12.8. The number of aryl methyl sites for hydroxylation is 1. The number of nitrogens with zero attached hydrogens (tertiary/aromatic N) is 2. The number of alkyl halides is 3. The second-order valence-electron chi connectivity index (χ2n) is 8.92. The molecule has 1 aliphatic rings. The number of nitrogens with one attached hydrogen (secondary N) is 1. The molecule has 1 aromatic heterocycles. The van der Waals surface area contributed by atoms with Crippen LogP contribution >= 0.6 is 0 Å². The lowest BCUT2D eigenvalue weighted by molar-refractivity contribution is -0.192. The largest absolute Gasteiger partial charge is 0.490 e. The van der Waals surface area contributed by atoms with Crippen molar-refractivity contribution in [3.63, 3.8) is 0 Å². The fourth-order valence-corrected chi connectivity index (χ4v) is 4.06. The highest BCUT2D eigenvalue weighted by atomic mass is 19.4. The predicted octanol–water partition coefficient (Wildman–Crippen LogP) is 3.74. The number of aromatic amines is 1. The number of carbonyl (C=O) groups is 2. The van der Waals surface area contributed by atoms with E-state index in [9.17, 15) is 22.8 Å². The van der Waals surface area contributed by atoms with Crippen LogP contribution in [0.25, 0.3) is 10.9 Å². The van der Waals surface area contributed by atoms with Gasteiger partial charge in [-0.2, -0.15) is 13.2 Å².